The topological polar surface area (TPSA) is 52.5 Å². The molecule has 2 heterocycles. The molecule has 0 unspecified atom stereocenters. The van der Waals surface area contributed by atoms with Gasteiger partial charge in [0.2, 0.25) is 12.7 Å². The van der Waals surface area contributed by atoms with Gasteiger partial charge < -0.3 is 19.4 Å². The van der Waals surface area contributed by atoms with Crippen LogP contribution in [0.5, 0.6) is 11.5 Å². The van der Waals surface area contributed by atoms with Crippen LogP contribution in [0.2, 0.25) is 0 Å². The van der Waals surface area contributed by atoms with E-state index < -0.39 is 0 Å². The van der Waals surface area contributed by atoms with Crippen LogP contribution in [0.1, 0.15) is 5.56 Å². The first-order valence-corrected chi connectivity index (χ1v) is 7.49. The summed E-state index contributed by atoms with van der Waals surface area (Å²) in [5.74, 6) is 1.45. The smallest absolute Gasteiger partial charge is 0.240 e. The molecule has 0 fully saturated rings. The van der Waals surface area contributed by atoms with Crippen LogP contribution in [-0.2, 0) is 17.9 Å². The highest BCUT2D eigenvalue weighted by Gasteiger charge is 2.13. The van der Waals surface area contributed by atoms with E-state index in [-0.39, 0.29) is 12.7 Å². The Morgan fingerprint density at radius 2 is 1.96 bits per heavy atom. The lowest BCUT2D eigenvalue weighted by atomic mass is 10.2. The Morgan fingerprint density at radius 3 is 2.91 bits per heavy atom. The van der Waals surface area contributed by atoms with E-state index in [0.717, 1.165) is 28.0 Å². The van der Waals surface area contributed by atoms with Gasteiger partial charge in [-0.25, -0.2) is 0 Å². The summed E-state index contributed by atoms with van der Waals surface area (Å²) in [5.41, 5.74) is 2.05. The highest BCUT2D eigenvalue weighted by atomic mass is 16.7. The van der Waals surface area contributed by atoms with Gasteiger partial charge in [0.15, 0.2) is 11.5 Å². The Bertz CT molecular complexity index is 870. The fourth-order valence-corrected chi connectivity index (χ4v) is 2.74. The molecule has 1 N–H and O–H groups in total. The molecule has 1 aliphatic rings. The zero-order chi connectivity index (χ0) is 15.6. The molecule has 2 aromatic carbocycles. The quantitative estimate of drug-likeness (QED) is 0.806. The highest BCUT2D eigenvalue weighted by molar-refractivity contribution is 5.83. The van der Waals surface area contributed by atoms with Crippen molar-refractivity contribution in [2.24, 2.45) is 0 Å². The summed E-state index contributed by atoms with van der Waals surface area (Å²) in [7, 11) is 0. The average molecular weight is 308 g/mol. The van der Waals surface area contributed by atoms with Gasteiger partial charge in [-0.3, -0.25) is 4.79 Å². The predicted octanol–water partition coefficient (Wildman–Crippen LogP) is 2.69. The van der Waals surface area contributed by atoms with Gasteiger partial charge >= 0.3 is 0 Å². The van der Waals surface area contributed by atoms with Crippen LogP contribution in [0.4, 0.5) is 0 Å². The molecule has 0 bridgehead atoms. The van der Waals surface area contributed by atoms with E-state index in [1.54, 1.807) is 0 Å². The van der Waals surface area contributed by atoms with Crippen LogP contribution >= 0.6 is 0 Å². The first kappa shape index (κ1) is 13.7. The molecule has 1 aromatic heterocycles. The minimum absolute atomic E-state index is 0.0241. The number of carbonyl (C=O) groups excluding carboxylic acids is 1. The standard InChI is InChI=1S/C18H16N2O3/c21-18(11-20-8-7-14-3-1-2-4-15(14)20)19-10-13-5-6-16-17(9-13)23-12-22-16/h1-9H,10-12H2,(H,19,21). The van der Waals surface area contributed by atoms with Gasteiger partial charge in [0, 0.05) is 18.3 Å². The van der Waals surface area contributed by atoms with Crippen molar-refractivity contribution < 1.29 is 14.3 Å². The zero-order valence-electron chi connectivity index (χ0n) is 12.5. The monoisotopic (exact) mass is 308 g/mol. The summed E-state index contributed by atoms with van der Waals surface area (Å²) in [4.78, 5) is 12.2. The van der Waals surface area contributed by atoms with Gasteiger partial charge in [-0.1, -0.05) is 24.3 Å². The van der Waals surface area contributed by atoms with E-state index in [2.05, 4.69) is 5.32 Å². The number of nitrogens with one attached hydrogen (secondary N) is 1. The molecule has 116 valence electrons. The minimum atomic E-state index is -0.0241. The largest absolute Gasteiger partial charge is 0.454 e. The van der Waals surface area contributed by atoms with Crippen molar-refractivity contribution in [2.45, 2.75) is 13.1 Å². The summed E-state index contributed by atoms with van der Waals surface area (Å²) in [6.07, 6.45) is 1.94. The molecular weight excluding hydrogens is 292 g/mol. The van der Waals surface area contributed by atoms with E-state index in [0.29, 0.717) is 13.1 Å². The van der Waals surface area contributed by atoms with E-state index in [9.17, 15) is 4.79 Å². The maximum Gasteiger partial charge on any atom is 0.240 e. The first-order chi connectivity index (χ1) is 11.3. The Labute approximate surface area is 133 Å². The van der Waals surface area contributed by atoms with Gasteiger partial charge in [0.05, 0.1) is 0 Å². The molecule has 0 radical (unpaired) electrons. The van der Waals surface area contributed by atoms with E-state index in [4.69, 9.17) is 9.47 Å². The maximum absolute atomic E-state index is 12.2. The van der Waals surface area contributed by atoms with E-state index >= 15 is 0 Å². The fraction of sp³-hybridized carbons (Fsp3) is 0.167. The third-order valence-electron chi connectivity index (χ3n) is 3.92. The van der Waals surface area contributed by atoms with E-state index in [1.165, 1.54) is 0 Å². The van der Waals surface area contributed by atoms with Gasteiger partial charge in [-0.05, 0) is 35.2 Å². The number of amides is 1. The van der Waals surface area contributed by atoms with Gasteiger partial charge in [-0.15, -0.1) is 0 Å². The lowest BCUT2D eigenvalue weighted by molar-refractivity contribution is -0.121. The van der Waals surface area contributed by atoms with Gasteiger partial charge in [0.1, 0.15) is 6.54 Å². The molecule has 0 spiro atoms. The summed E-state index contributed by atoms with van der Waals surface area (Å²) in [5, 5.41) is 4.07. The molecule has 1 amide bonds. The summed E-state index contributed by atoms with van der Waals surface area (Å²) < 4.78 is 12.6. The minimum Gasteiger partial charge on any atom is -0.454 e. The van der Waals surface area contributed by atoms with Crippen LogP contribution in [0, 0.1) is 0 Å². The number of fused-ring (bicyclic) bond motifs is 2. The Balaban J connectivity index is 1.40. The first-order valence-electron chi connectivity index (χ1n) is 7.49. The second-order valence-corrected chi connectivity index (χ2v) is 5.47. The Kier molecular flexibility index (Phi) is 3.38. The van der Waals surface area contributed by atoms with Gasteiger partial charge in [0.25, 0.3) is 0 Å². The lowest BCUT2D eigenvalue weighted by Gasteiger charge is -2.08. The highest BCUT2D eigenvalue weighted by Crippen LogP contribution is 2.32. The molecule has 5 heteroatoms. The average Bonchev–Trinajstić information content (AvgIpc) is 3.20. The second kappa shape index (κ2) is 5.68. The van der Waals surface area contributed by atoms with Crippen molar-refractivity contribution in [3.8, 4) is 11.5 Å². The van der Waals surface area contributed by atoms with Gasteiger partial charge in [-0.2, -0.15) is 0 Å². The molecular formula is C18H16N2O3. The van der Waals surface area contributed by atoms with Crippen molar-refractivity contribution in [1.29, 1.82) is 0 Å². The molecule has 5 nitrogen and oxygen atoms in total. The number of hydrogen-bond acceptors (Lipinski definition) is 3. The second-order valence-electron chi connectivity index (χ2n) is 5.47. The number of carbonyl (C=O) groups is 1. The molecule has 4 rings (SSSR count). The molecule has 0 aliphatic carbocycles. The normalized spacial score (nSPS) is 12.5. The van der Waals surface area contributed by atoms with Crippen molar-refractivity contribution in [3.63, 3.8) is 0 Å². The van der Waals surface area contributed by atoms with Crippen molar-refractivity contribution >= 4 is 16.8 Å². The van der Waals surface area contributed by atoms with E-state index in [1.807, 2.05) is 59.3 Å². The van der Waals surface area contributed by atoms with Crippen molar-refractivity contribution in [2.75, 3.05) is 6.79 Å². The molecule has 23 heavy (non-hydrogen) atoms. The summed E-state index contributed by atoms with van der Waals surface area (Å²) in [6, 6.07) is 15.7. The SMILES string of the molecule is O=C(Cn1ccc2ccccc21)NCc1ccc2c(c1)OCO2. The number of rotatable bonds is 4. The van der Waals surface area contributed by atoms with Crippen molar-refractivity contribution in [3.05, 3.63) is 60.3 Å². The lowest BCUT2D eigenvalue weighted by Crippen LogP contribution is -2.26. The molecule has 0 atom stereocenters. The maximum atomic E-state index is 12.2. The molecule has 3 aromatic rings. The fourth-order valence-electron chi connectivity index (χ4n) is 2.74. The number of aromatic nitrogens is 1. The van der Waals surface area contributed by atoms with Crippen LogP contribution in [0.25, 0.3) is 10.9 Å². The molecule has 1 aliphatic heterocycles. The third kappa shape index (κ3) is 2.73. The third-order valence-corrected chi connectivity index (χ3v) is 3.92. The Hall–Kier alpha value is -2.95. The van der Waals surface area contributed by atoms with Crippen LogP contribution < -0.4 is 14.8 Å². The number of ether oxygens (including phenoxy) is 2. The zero-order valence-corrected chi connectivity index (χ0v) is 12.5. The molecule has 0 saturated carbocycles. The Morgan fingerprint density at radius 1 is 1.09 bits per heavy atom. The predicted molar refractivity (Wildman–Crippen MR) is 86.3 cm³/mol. The summed E-state index contributed by atoms with van der Waals surface area (Å²) in [6.45, 7) is 1.03. The number of nitrogens with zero attached hydrogens (tertiary/aromatic N) is 1. The molecule has 0 saturated heterocycles. The summed E-state index contributed by atoms with van der Waals surface area (Å²) >= 11 is 0. The number of benzene rings is 2. The van der Waals surface area contributed by atoms with Crippen LogP contribution in [0.3, 0.4) is 0 Å². The number of para-hydroxylation sites is 1. The number of hydrogen-bond donors (Lipinski definition) is 1. The van der Waals surface area contributed by atoms with Crippen LogP contribution in [-0.4, -0.2) is 17.3 Å². The van der Waals surface area contributed by atoms with Crippen molar-refractivity contribution in [1.82, 2.24) is 9.88 Å². The van der Waals surface area contributed by atoms with Crippen LogP contribution in [0.15, 0.2) is 54.7 Å².